The molecule has 2 rings (SSSR count). The van der Waals surface area contributed by atoms with Crippen LogP contribution in [0.2, 0.25) is 0 Å². The van der Waals surface area contributed by atoms with Crippen LogP contribution in [-0.4, -0.2) is 18.1 Å². The molecule has 1 aliphatic carbocycles. The molecule has 0 aromatic carbocycles. The fraction of sp³-hybridized carbons (Fsp3) is 0.750. The van der Waals surface area contributed by atoms with E-state index in [1.165, 1.54) is 6.42 Å². The van der Waals surface area contributed by atoms with Crippen molar-refractivity contribution in [3.05, 3.63) is 16.1 Å². The molecule has 1 aliphatic rings. The average molecular weight is 240 g/mol. The summed E-state index contributed by atoms with van der Waals surface area (Å²) in [5.41, 5.74) is 1.08. The van der Waals surface area contributed by atoms with Gasteiger partial charge in [0.2, 0.25) is 0 Å². The summed E-state index contributed by atoms with van der Waals surface area (Å²) in [6.07, 6.45) is 3.50. The largest absolute Gasteiger partial charge is 0.371 e. The number of thiazole rings is 1. The van der Waals surface area contributed by atoms with E-state index in [4.69, 9.17) is 4.74 Å². The Kier molecular flexibility index (Phi) is 3.62. The quantitative estimate of drug-likeness (QED) is 0.859. The molecule has 4 heteroatoms. The van der Waals surface area contributed by atoms with E-state index in [1.54, 1.807) is 18.4 Å². The summed E-state index contributed by atoms with van der Waals surface area (Å²) in [6.45, 7) is 5.15. The summed E-state index contributed by atoms with van der Waals surface area (Å²) >= 11 is 1.73. The van der Waals surface area contributed by atoms with Gasteiger partial charge in [-0.15, -0.1) is 11.3 Å². The molecule has 0 spiro atoms. The molecule has 0 radical (unpaired) electrons. The smallest absolute Gasteiger partial charge is 0.125 e. The summed E-state index contributed by atoms with van der Waals surface area (Å²) in [7, 11) is 1.80. The fourth-order valence-electron chi connectivity index (χ4n) is 1.91. The third-order valence-corrected chi connectivity index (χ3v) is 4.26. The number of nitrogens with zero attached hydrogens (tertiary/aromatic N) is 1. The second kappa shape index (κ2) is 4.82. The van der Waals surface area contributed by atoms with E-state index in [9.17, 15) is 0 Å². The van der Waals surface area contributed by atoms with E-state index in [1.807, 2.05) is 0 Å². The Balaban J connectivity index is 2.01. The zero-order valence-electron chi connectivity index (χ0n) is 10.2. The van der Waals surface area contributed by atoms with Crippen molar-refractivity contribution in [2.45, 2.75) is 51.3 Å². The van der Waals surface area contributed by atoms with E-state index in [0.717, 1.165) is 30.1 Å². The summed E-state index contributed by atoms with van der Waals surface area (Å²) < 4.78 is 5.63. The van der Waals surface area contributed by atoms with Crippen molar-refractivity contribution in [1.82, 2.24) is 10.3 Å². The van der Waals surface area contributed by atoms with E-state index in [-0.39, 0.29) is 5.60 Å². The van der Waals surface area contributed by atoms with Gasteiger partial charge in [-0.25, -0.2) is 4.98 Å². The van der Waals surface area contributed by atoms with E-state index in [2.05, 4.69) is 29.5 Å². The van der Waals surface area contributed by atoms with Crippen LogP contribution in [0.4, 0.5) is 0 Å². The summed E-state index contributed by atoms with van der Waals surface area (Å²) in [4.78, 5) is 4.68. The molecule has 1 fully saturated rings. The van der Waals surface area contributed by atoms with Crippen LogP contribution in [0.1, 0.15) is 43.8 Å². The summed E-state index contributed by atoms with van der Waals surface area (Å²) in [5, 5.41) is 6.68. The highest BCUT2D eigenvalue weighted by molar-refractivity contribution is 7.09. The molecular formula is C12H20N2OS. The van der Waals surface area contributed by atoms with Crippen molar-refractivity contribution < 1.29 is 4.74 Å². The third kappa shape index (κ3) is 2.29. The van der Waals surface area contributed by atoms with Gasteiger partial charge in [-0.1, -0.05) is 13.8 Å². The number of methoxy groups -OCH3 is 1. The first-order valence-electron chi connectivity index (χ1n) is 5.90. The Morgan fingerprint density at radius 3 is 2.81 bits per heavy atom. The number of hydrogen-bond donors (Lipinski definition) is 1. The molecule has 0 unspecified atom stereocenters. The van der Waals surface area contributed by atoms with Gasteiger partial charge in [0, 0.05) is 25.1 Å². The van der Waals surface area contributed by atoms with Crippen LogP contribution in [0.15, 0.2) is 5.38 Å². The molecule has 0 saturated heterocycles. The monoisotopic (exact) mass is 240 g/mol. The molecule has 0 aliphatic heterocycles. The lowest BCUT2D eigenvalue weighted by Gasteiger charge is -2.38. The Labute approximate surface area is 101 Å². The Morgan fingerprint density at radius 2 is 2.31 bits per heavy atom. The van der Waals surface area contributed by atoms with Crippen molar-refractivity contribution >= 4 is 11.3 Å². The highest BCUT2D eigenvalue weighted by atomic mass is 32.1. The molecule has 1 aromatic rings. The highest BCUT2D eigenvalue weighted by Crippen LogP contribution is 2.45. The Bertz CT molecular complexity index is 339. The lowest BCUT2D eigenvalue weighted by molar-refractivity contribution is -0.0780. The molecule has 16 heavy (non-hydrogen) atoms. The second-order valence-corrected chi connectivity index (χ2v) is 5.59. The Hall–Kier alpha value is -0.450. The summed E-state index contributed by atoms with van der Waals surface area (Å²) in [5.74, 6) is 0. The predicted molar refractivity (Wildman–Crippen MR) is 66.6 cm³/mol. The molecule has 1 heterocycles. The van der Waals surface area contributed by atoms with Gasteiger partial charge in [0.1, 0.15) is 10.6 Å². The van der Waals surface area contributed by atoms with Crippen LogP contribution in [0.5, 0.6) is 0 Å². The highest BCUT2D eigenvalue weighted by Gasteiger charge is 2.41. The number of ether oxygens (including phenoxy) is 1. The minimum atomic E-state index is -0.0548. The lowest BCUT2D eigenvalue weighted by Crippen LogP contribution is -2.36. The standard InChI is InChI=1S/C12H20N2OS/c1-9(2)13-7-10-8-16-11(14-10)12(15-3)5-4-6-12/h8-9,13H,4-7H2,1-3H3. The number of hydrogen-bond acceptors (Lipinski definition) is 4. The molecule has 90 valence electrons. The third-order valence-electron chi connectivity index (χ3n) is 3.18. The first kappa shape index (κ1) is 12.0. The van der Waals surface area contributed by atoms with Gasteiger partial charge < -0.3 is 10.1 Å². The van der Waals surface area contributed by atoms with E-state index < -0.39 is 0 Å². The maximum absolute atomic E-state index is 5.63. The zero-order chi connectivity index (χ0) is 11.6. The van der Waals surface area contributed by atoms with Gasteiger partial charge >= 0.3 is 0 Å². The molecule has 3 nitrogen and oxygen atoms in total. The molecule has 0 atom stereocenters. The molecule has 1 N–H and O–H groups in total. The van der Waals surface area contributed by atoms with Crippen LogP contribution >= 0.6 is 11.3 Å². The molecular weight excluding hydrogens is 220 g/mol. The van der Waals surface area contributed by atoms with Crippen LogP contribution < -0.4 is 5.32 Å². The van der Waals surface area contributed by atoms with Gasteiger partial charge in [0.05, 0.1) is 5.69 Å². The number of rotatable bonds is 5. The zero-order valence-corrected chi connectivity index (χ0v) is 11.1. The first-order valence-corrected chi connectivity index (χ1v) is 6.78. The van der Waals surface area contributed by atoms with Gasteiger partial charge in [0.15, 0.2) is 0 Å². The maximum atomic E-state index is 5.63. The lowest BCUT2D eigenvalue weighted by atomic mass is 9.80. The molecule has 1 saturated carbocycles. The topological polar surface area (TPSA) is 34.1 Å². The number of nitrogens with one attached hydrogen (secondary N) is 1. The normalized spacial score (nSPS) is 18.8. The maximum Gasteiger partial charge on any atom is 0.125 e. The van der Waals surface area contributed by atoms with Crippen LogP contribution in [0.25, 0.3) is 0 Å². The van der Waals surface area contributed by atoms with E-state index in [0.29, 0.717) is 6.04 Å². The van der Waals surface area contributed by atoms with Crippen LogP contribution in [0, 0.1) is 0 Å². The van der Waals surface area contributed by atoms with E-state index >= 15 is 0 Å². The van der Waals surface area contributed by atoms with Crippen LogP contribution in [0.3, 0.4) is 0 Å². The minimum Gasteiger partial charge on any atom is -0.371 e. The molecule has 1 aromatic heterocycles. The van der Waals surface area contributed by atoms with Crippen molar-refractivity contribution in [3.63, 3.8) is 0 Å². The summed E-state index contributed by atoms with van der Waals surface area (Å²) in [6, 6.07) is 0.505. The van der Waals surface area contributed by atoms with Crippen molar-refractivity contribution in [2.24, 2.45) is 0 Å². The first-order chi connectivity index (χ1) is 7.66. The molecule has 0 bridgehead atoms. The second-order valence-electron chi connectivity index (χ2n) is 4.73. The van der Waals surface area contributed by atoms with Crippen molar-refractivity contribution in [1.29, 1.82) is 0 Å². The van der Waals surface area contributed by atoms with Crippen molar-refractivity contribution in [2.75, 3.05) is 7.11 Å². The van der Waals surface area contributed by atoms with Crippen LogP contribution in [-0.2, 0) is 16.9 Å². The molecule has 0 amide bonds. The predicted octanol–water partition coefficient (Wildman–Crippen LogP) is 2.67. The average Bonchev–Trinajstić information content (AvgIpc) is 2.63. The van der Waals surface area contributed by atoms with Gasteiger partial charge in [-0.3, -0.25) is 0 Å². The van der Waals surface area contributed by atoms with Gasteiger partial charge in [-0.2, -0.15) is 0 Å². The van der Waals surface area contributed by atoms with Crippen molar-refractivity contribution in [3.8, 4) is 0 Å². The number of aromatic nitrogens is 1. The van der Waals surface area contributed by atoms with Gasteiger partial charge in [-0.05, 0) is 19.3 Å². The minimum absolute atomic E-state index is 0.0548. The van der Waals surface area contributed by atoms with Gasteiger partial charge in [0.25, 0.3) is 0 Å². The SMILES string of the molecule is COC1(c2nc(CNC(C)C)cs2)CCC1. The fourth-order valence-corrected chi connectivity index (χ4v) is 2.97. The Morgan fingerprint density at radius 1 is 1.56 bits per heavy atom.